The third-order valence-corrected chi connectivity index (χ3v) is 3.79. The second-order valence-electron chi connectivity index (χ2n) is 5.94. The van der Waals surface area contributed by atoms with Gasteiger partial charge in [0.2, 0.25) is 5.95 Å². The average molecular weight is 362 g/mol. The molecule has 0 bridgehead atoms. The minimum absolute atomic E-state index is 0.285. The molecule has 2 aromatic carbocycles. The molecule has 0 aliphatic rings. The van der Waals surface area contributed by atoms with Gasteiger partial charge in [-0.15, -0.1) is 0 Å². The standard InChI is InChI=1S/C21H22N4O2/c1-2-3-14-22-21-23-15-13-19(25-21)20(26)24-16-9-11-18(12-10-16)27-17-7-5-4-6-8-17/h4-13,15H,2-3,14H2,1H3,(H,24,26)(H,22,23,25). The molecule has 1 heterocycles. The van der Waals surface area contributed by atoms with Crippen molar-refractivity contribution >= 4 is 17.5 Å². The van der Waals surface area contributed by atoms with Gasteiger partial charge in [0.25, 0.3) is 5.91 Å². The normalized spacial score (nSPS) is 10.3. The first-order chi connectivity index (χ1) is 13.2. The van der Waals surface area contributed by atoms with Gasteiger partial charge >= 0.3 is 0 Å². The Hall–Kier alpha value is -3.41. The Morgan fingerprint density at radius 3 is 2.48 bits per heavy atom. The largest absolute Gasteiger partial charge is 0.457 e. The minimum atomic E-state index is -0.285. The van der Waals surface area contributed by atoms with Crippen molar-refractivity contribution in [3.05, 3.63) is 72.6 Å². The average Bonchev–Trinajstić information content (AvgIpc) is 2.71. The fraction of sp³-hybridized carbons (Fsp3) is 0.190. The van der Waals surface area contributed by atoms with Gasteiger partial charge in [-0.3, -0.25) is 4.79 Å². The minimum Gasteiger partial charge on any atom is -0.457 e. The number of para-hydroxylation sites is 1. The van der Waals surface area contributed by atoms with Crippen LogP contribution in [0.15, 0.2) is 66.9 Å². The number of anilines is 2. The van der Waals surface area contributed by atoms with Crippen molar-refractivity contribution in [2.24, 2.45) is 0 Å². The van der Waals surface area contributed by atoms with E-state index in [1.54, 1.807) is 36.5 Å². The molecule has 2 N–H and O–H groups in total. The number of hydrogen-bond donors (Lipinski definition) is 2. The van der Waals surface area contributed by atoms with Crippen LogP contribution in [-0.4, -0.2) is 22.4 Å². The molecule has 0 saturated carbocycles. The van der Waals surface area contributed by atoms with Crippen molar-refractivity contribution in [1.29, 1.82) is 0 Å². The molecule has 138 valence electrons. The van der Waals surface area contributed by atoms with Gasteiger partial charge in [0.1, 0.15) is 17.2 Å². The van der Waals surface area contributed by atoms with E-state index in [1.807, 2.05) is 30.3 Å². The number of benzene rings is 2. The molecule has 0 aliphatic heterocycles. The van der Waals surface area contributed by atoms with Crippen LogP contribution in [0.5, 0.6) is 11.5 Å². The van der Waals surface area contributed by atoms with E-state index in [4.69, 9.17) is 4.74 Å². The van der Waals surface area contributed by atoms with Crippen LogP contribution in [0, 0.1) is 0 Å². The van der Waals surface area contributed by atoms with Crippen LogP contribution in [0.25, 0.3) is 0 Å². The molecule has 0 radical (unpaired) electrons. The monoisotopic (exact) mass is 362 g/mol. The lowest BCUT2D eigenvalue weighted by molar-refractivity contribution is 0.102. The summed E-state index contributed by atoms with van der Waals surface area (Å²) in [4.78, 5) is 20.8. The van der Waals surface area contributed by atoms with Gasteiger partial charge in [0.05, 0.1) is 0 Å². The van der Waals surface area contributed by atoms with Crippen molar-refractivity contribution < 1.29 is 9.53 Å². The second kappa shape index (κ2) is 9.33. The maximum atomic E-state index is 12.4. The molecule has 3 rings (SSSR count). The van der Waals surface area contributed by atoms with Gasteiger partial charge in [-0.25, -0.2) is 9.97 Å². The number of ether oxygens (including phenoxy) is 1. The lowest BCUT2D eigenvalue weighted by Crippen LogP contribution is -2.15. The summed E-state index contributed by atoms with van der Waals surface area (Å²) < 4.78 is 5.74. The van der Waals surface area contributed by atoms with Crippen LogP contribution in [0.3, 0.4) is 0 Å². The Bertz CT molecular complexity index is 867. The predicted molar refractivity (Wildman–Crippen MR) is 106 cm³/mol. The quantitative estimate of drug-likeness (QED) is 0.566. The van der Waals surface area contributed by atoms with Crippen LogP contribution in [0.1, 0.15) is 30.3 Å². The maximum Gasteiger partial charge on any atom is 0.274 e. The number of nitrogens with one attached hydrogen (secondary N) is 2. The molecule has 1 aromatic heterocycles. The summed E-state index contributed by atoms with van der Waals surface area (Å²) in [6.07, 6.45) is 3.68. The summed E-state index contributed by atoms with van der Waals surface area (Å²) in [5.41, 5.74) is 0.980. The molecule has 0 aliphatic carbocycles. The van der Waals surface area contributed by atoms with Crippen molar-refractivity contribution in [3.8, 4) is 11.5 Å². The smallest absolute Gasteiger partial charge is 0.274 e. The van der Waals surface area contributed by atoms with E-state index in [9.17, 15) is 4.79 Å². The summed E-state index contributed by atoms with van der Waals surface area (Å²) in [7, 11) is 0. The van der Waals surface area contributed by atoms with E-state index in [0.717, 1.165) is 25.1 Å². The molecule has 3 aromatic rings. The molecular weight excluding hydrogens is 340 g/mol. The summed E-state index contributed by atoms with van der Waals surface area (Å²) in [5, 5.41) is 5.95. The Labute approximate surface area is 158 Å². The van der Waals surface area contributed by atoms with Crippen molar-refractivity contribution in [1.82, 2.24) is 9.97 Å². The summed E-state index contributed by atoms with van der Waals surface area (Å²) in [5.74, 6) is 1.64. The van der Waals surface area contributed by atoms with Crippen molar-refractivity contribution in [3.63, 3.8) is 0 Å². The third kappa shape index (κ3) is 5.54. The van der Waals surface area contributed by atoms with Crippen LogP contribution in [0.2, 0.25) is 0 Å². The van der Waals surface area contributed by atoms with E-state index in [2.05, 4.69) is 27.5 Å². The molecule has 0 atom stereocenters. The van der Waals surface area contributed by atoms with Gasteiger partial charge in [-0.05, 0) is 48.9 Å². The number of carbonyl (C=O) groups excluding carboxylic acids is 1. The van der Waals surface area contributed by atoms with E-state index in [-0.39, 0.29) is 5.91 Å². The number of rotatable bonds is 8. The molecule has 6 heteroatoms. The highest BCUT2D eigenvalue weighted by Crippen LogP contribution is 2.22. The first-order valence-electron chi connectivity index (χ1n) is 8.96. The highest BCUT2D eigenvalue weighted by molar-refractivity contribution is 6.02. The number of unbranched alkanes of at least 4 members (excludes halogenated alkanes) is 1. The molecule has 0 spiro atoms. The van der Waals surface area contributed by atoms with E-state index >= 15 is 0 Å². The number of amides is 1. The molecular formula is C21H22N4O2. The maximum absolute atomic E-state index is 12.4. The Morgan fingerprint density at radius 1 is 1.00 bits per heavy atom. The predicted octanol–water partition coefficient (Wildman–Crippen LogP) is 4.73. The summed E-state index contributed by atoms with van der Waals surface area (Å²) in [6, 6.07) is 18.3. The van der Waals surface area contributed by atoms with Gasteiger partial charge in [0.15, 0.2) is 0 Å². The van der Waals surface area contributed by atoms with Crippen LogP contribution >= 0.6 is 0 Å². The number of nitrogens with zero attached hydrogens (tertiary/aromatic N) is 2. The second-order valence-corrected chi connectivity index (χ2v) is 5.94. The van der Waals surface area contributed by atoms with Gasteiger partial charge in [-0.2, -0.15) is 0 Å². The molecule has 0 fully saturated rings. The highest BCUT2D eigenvalue weighted by atomic mass is 16.5. The Kier molecular flexibility index (Phi) is 6.35. The van der Waals surface area contributed by atoms with Crippen molar-refractivity contribution in [2.45, 2.75) is 19.8 Å². The SMILES string of the molecule is CCCCNc1nccc(C(=O)Nc2ccc(Oc3ccccc3)cc2)n1. The fourth-order valence-corrected chi connectivity index (χ4v) is 2.37. The lowest BCUT2D eigenvalue weighted by atomic mass is 10.3. The number of aromatic nitrogens is 2. The van der Waals surface area contributed by atoms with E-state index in [0.29, 0.717) is 23.1 Å². The number of carbonyl (C=O) groups is 1. The van der Waals surface area contributed by atoms with E-state index in [1.165, 1.54) is 0 Å². The van der Waals surface area contributed by atoms with Gasteiger partial charge in [0, 0.05) is 18.4 Å². The first-order valence-corrected chi connectivity index (χ1v) is 8.96. The highest BCUT2D eigenvalue weighted by Gasteiger charge is 2.09. The molecule has 6 nitrogen and oxygen atoms in total. The zero-order valence-electron chi connectivity index (χ0n) is 15.2. The Morgan fingerprint density at radius 2 is 1.74 bits per heavy atom. The number of hydrogen-bond acceptors (Lipinski definition) is 5. The fourth-order valence-electron chi connectivity index (χ4n) is 2.37. The van der Waals surface area contributed by atoms with Crippen LogP contribution in [-0.2, 0) is 0 Å². The van der Waals surface area contributed by atoms with Crippen LogP contribution < -0.4 is 15.4 Å². The zero-order chi connectivity index (χ0) is 18.9. The van der Waals surface area contributed by atoms with Gasteiger partial charge in [-0.1, -0.05) is 31.5 Å². The first kappa shape index (κ1) is 18.4. The molecule has 27 heavy (non-hydrogen) atoms. The van der Waals surface area contributed by atoms with Crippen LogP contribution in [0.4, 0.5) is 11.6 Å². The Balaban J connectivity index is 1.60. The van der Waals surface area contributed by atoms with E-state index < -0.39 is 0 Å². The van der Waals surface area contributed by atoms with Crippen molar-refractivity contribution in [2.75, 3.05) is 17.2 Å². The zero-order valence-corrected chi connectivity index (χ0v) is 15.2. The lowest BCUT2D eigenvalue weighted by Gasteiger charge is -2.09. The summed E-state index contributed by atoms with van der Waals surface area (Å²) in [6.45, 7) is 2.90. The van der Waals surface area contributed by atoms with Gasteiger partial charge < -0.3 is 15.4 Å². The topological polar surface area (TPSA) is 76.1 Å². The summed E-state index contributed by atoms with van der Waals surface area (Å²) >= 11 is 0. The third-order valence-electron chi connectivity index (χ3n) is 3.79. The molecule has 0 unspecified atom stereocenters. The molecule has 1 amide bonds. The molecule has 0 saturated heterocycles.